The molecule has 1 aromatic heterocycles. The monoisotopic (exact) mass is 317 g/mol. The lowest BCUT2D eigenvalue weighted by Gasteiger charge is -2.09. The van der Waals surface area contributed by atoms with Crippen molar-refractivity contribution in [3.63, 3.8) is 0 Å². The summed E-state index contributed by atoms with van der Waals surface area (Å²) in [5, 5.41) is 3.65. The van der Waals surface area contributed by atoms with E-state index in [1.807, 2.05) is 13.3 Å². The van der Waals surface area contributed by atoms with Gasteiger partial charge in [0.05, 0.1) is 33.0 Å². The van der Waals surface area contributed by atoms with Gasteiger partial charge in [-0.2, -0.15) is 4.98 Å². The molecule has 0 saturated heterocycles. The molecule has 0 spiro atoms. The SMILES string of the molecule is CNc1cc(OCCOCCOCCOC)nc(SC)n1. The zero-order chi connectivity index (χ0) is 15.3. The number of hydrogen-bond acceptors (Lipinski definition) is 8. The number of ether oxygens (including phenoxy) is 4. The van der Waals surface area contributed by atoms with Gasteiger partial charge in [-0.25, -0.2) is 4.98 Å². The Kier molecular flexibility index (Phi) is 9.88. The van der Waals surface area contributed by atoms with Crippen molar-refractivity contribution in [3.8, 4) is 5.88 Å². The lowest BCUT2D eigenvalue weighted by Crippen LogP contribution is -2.13. The van der Waals surface area contributed by atoms with Gasteiger partial charge in [-0.05, 0) is 6.26 Å². The molecule has 0 aromatic carbocycles. The second kappa shape index (κ2) is 11.6. The summed E-state index contributed by atoms with van der Waals surface area (Å²) in [5.74, 6) is 1.27. The molecule has 120 valence electrons. The molecule has 0 aliphatic heterocycles. The average Bonchev–Trinajstić information content (AvgIpc) is 2.52. The lowest BCUT2D eigenvalue weighted by atomic mass is 10.5. The number of thioether (sulfide) groups is 1. The molecule has 7 nitrogen and oxygen atoms in total. The Morgan fingerprint density at radius 2 is 1.71 bits per heavy atom. The first kappa shape index (κ1) is 18.0. The van der Waals surface area contributed by atoms with Crippen molar-refractivity contribution < 1.29 is 18.9 Å². The molecule has 0 radical (unpaired) electrons. The number of aromatic nitrogens is 2. The molecular weight excluding hydrogens is 294 g/mol. The van der Waals surface area contributed by atoms with E-state index >= 15 is 0 Å². The molecule has 0 aliphatic rings. The van der Waals surface area contributed by atoms with Crippen molar-refractivity contribution in [2.45, 2.75) is 5.16 Å². The third kappa shape index (κ3) is 8.05. The second-order valence-corrected chi connectivity index (χ2v) is 4.67. The first-order chi connectivity index (χ1) is 10.3. The van der Waals surface area contributed by atoms with Crippen molar-refractivity contribution in [2.75, 3.05) is 65.4 Å². The Hall–Kier alpha value is -1.09. The first-order valence-corrected chi connectivity index (χ1v) is 7.90. The maximum absolute atomic E-state index is 5.55. The first-order valence-electron chi connectivity index (χ1n) is 6.68. The fourth-order valence-corrected chi connectivity index (χ4v) is 1.74. The fourth-order valence-electron chi connectivity index (χ4n) is 1.37. The minimum Gasteiger partial charge on any atom is -0.475 e. The van der Waals surface area contributed by atoms with Crippen molar-refractivity contribution in [3.05, 3.63) is 6.07 Å². The maximum atomic E-state index is 5.55. The Balaban J connectivity index is 2.15. The van der Waals surface area contributed by atoms with Crippen LogP contribution in [0.15, 0.2) is 11.2 Å². The summed E-state index contributed by atoms with van der Waals surface area (Å²) in [5.41, 5.74) is 0. The van der Waals surface area contributed by atoms with E-state index < -0.39 is 0 Å². The van der Waals surface area contributed by atoms with E-state index in [-0.39, 0.29) is 0 Å². The van der Waals surface area contributed by atoms with Crippen molar-refractivity contribution in [1.29, 1.82) is 0 Å². The largest absolute Gasteiger partial charge is 0.475 e. The van der Waals surface area contributed by atoms with Gasteiger partial charge in [-0.15, -0.1) is 0 Å². The Morgan fingerprint density at radius 1 is 1.05 bits per heavy atom. The Bertz CT molecular complexity index is 373. The van der Waals surface area contributed by atoms with Crippen LogP contribution in [-0.4, -0.2) is 70.0 Å². The van der Waals surface area contributed by atoms with Crippen LogP contribution < -0.4 is 10.1 Å². The second-order valence-electron chi connectivity index (χ2n) is 3.89. The van der Waals surface area contributed by atoms with E-state index in [4.69, 9.17) is 18.9 Å². The standard InChI is InChI=1S/C13H23N3O4S/c1-14-11-10-12(16-13(15-11)21-3)20-9-8-19-7-6-18-5-4-17-2/h10H,4-9H2,1-3H3,(H,14,15,16). The van der Waals surface area contributed by atoms with Crippen LogP contribution in [0.1, 0.15) is 0 Å². The minimum absolute atomic E-state index is 0.437. The number of anilines is 1. The van der Waals surface area contributed by atoms with Gasteiger partial charge in [0.2, 0.25) is 5.88 Å². The van der Waals surface area contributed by atoms with E-state index in [1.54, 1.807) is 13.2 Å². The van der Waals surface area contributed by atoms with E-state index in [9.17, 15) is 0 Å². The highest BCUT2D eigenvalue weighted by Crippen LogP contribution is 2.18. The van der Waals surface area contributed by atoms with Gasteiger partial charge >= 0.3 is 0 Å². The number of rotatable bonds is 12. The third-order valence-electron chi connectivity index (χ3n) is 2.40. The van der Waals surface area contributed by atoms with Crippen LogP contribution in [0.2, 0.25) is 0 Å². The molecule has 21 heavy (non-hydrogen) atoms. The van der Waals surface area contributed by atoms with Gasteiger partial charge in [-0.1, -0.05) is 11.8 Å². The molecule has 0 saturated carbocycles. The van der Waals surface area contributed by atoms with Gasteiger partial charge in [0.15, 0.2) is 5.16 Å². The lowest BCUT2D eigenvalue weighted by molar-refractivity contribution is 0.0176. The highest BCUT2D eigenvalue weighted by Gasteiger charge is 2.03. The summed E-state index contributed by atoms with van der Waals surface area (Å²) < 4.78 is 21.1. The molecule has 0 fully saturated rings. The number of nitrogens with one attached hydrogen (secondary N) is 1. The van der Waals surface area contributed by atoms with Crippen molar-refractivity contribution >= 4 is 17.6 Å². The highest BCUT2D eigenvalue weighted by atomic mass is 32.2. The topological polar surface area (TPSA) is 74.7 Å². The summed E-state index contributed by atoms with van der Waals surface area (Å²) in [4.78, 5) is 8.53. The summed E-state index contributed by atoms with van der Waals surface area (Å²) in [7, 11) is 3.45. The summed E-state index contributed by atoms with van der Waals surface area (Å²) in [6.45, 7) is 3.20. The molecule has 8 heteroatoms. The van der Waals surface area contributed by atoms with Gasteiger partial charge in [0.25, 0.3) is 0 Å². The van der Waals surface area contributed by atoms with Crippen LogP contribution in [-0.2, 0) is 14.2 Å². The molecule has 0 amide bonds. The quantitative estimate of drug-likeness (QED) is 0.351. The van der Waals surface area contributed by atoms with Gasteiger partial charge < -0.3 is 24.3 Å². The fraction of sp³-hybridized carbons (Fsp3) is 0.692. The normalized spacial score (nSPS) is 10.6. The Labute approximate surface area is 129 Å². The van der Waals surface area contributed by atoms with Crippen molar-refractivity contribution in [2.24, 2.45) is 0 Å². The van der Waals surface area contributed by atoms with Gasteiger partial charge in [-0.3, -0.25) is 0 Å². The summed E-state index contributed by atoms with van der Waals surface area (Å²) >= 11 is 1.47. The molecule has 1 aromatic rings. The van der Waals surface area contributed by atoms with E-state index in [0.717, 1.165) is 5.82 Å². The van der Waals surface area contributed by atoms with Crippen LogP contribution >= 0.6 is 11.8 Å². The molecule has 1 rings (SSSR count). The maximum Gasteiger partial charge on any atom is 0.219 e. The van der Waals surface area contributed by atoms with Crippen molar-refractivity contribution in [1.82, 2.24) is 9.97 Å². The molecule has 1 heterocycles. The minimum atomic E-state index is 0.437. The zero-order valence-corrected chi connectivity index (χ0v) is 13.6. The highest BCUT2D eigenvalue weighted by molar-refractivity contribution is 7.98. The predicted molar refractivity (Wildman–Crippen MR) is 82.4 cm³/mol. The third-order valence-corrected chi connectivity index (χ3v) is 2.95. The molecule has 0 unspecified atom stereocenters. The van der Waals surface area contributed by atoms with Crippen LogP contribution in [0.4, 0.5) is 5.82 Å². The van der Waals surface area contributed by atoms with Crippen LogP contribution in [0.3, 0.4) is 0 Å². The molecule has 1 N–H and O–H groups in total. The molecule has 0 aliphatic carbocycles. The average molecular weight is 317 g/mol. The molecule has 0 bridgehead atoms. The number of hydrogen-bond donors (Lipinski definition) is 1. The summed E-state index contributed by atoms with van der Waals surface area (Å²) in [6.07, 6.45) is 1.92. The molecule has 0 atom stereocenters. The Morgan fingerprint density at radius 3 is 2.33 bits per heavy atom. The van der Waals surface area contributed by atoms with E-state index in [2.05, 4.69) is 15.3 Å². The van der Waals surface area contributed by atoms with Crippen LogP contribution in [0, 0.1) is 0 Å². The summed E-state index contributed by atoms with van der Waals surface area (Å²) in [6, 6.07) is 1.76. The smallest absolute Gasteiger partial charge is 0.219 e. The molecular formula is C13H23N3O4S. The van der Waals surface area contributed by atoms with E-state index in [1.165, 1.54) is 11.8 Å². The number of nitrogens with zero attached hydrogens (tertiary/aromatic N) is 2. The van der Waals surface area contributed by atoms with Crippen LogP contribution in [0.25, 0.3) is 0 Å². The van der Waals surface area contributed by atoms with E-state index in [0.29, 0.717) is 50.7 Å². The van der Waals surface area contributed by atoms with Gasteiger partial charge in [0, 0.05) is 20.2 Å². The van der Waals surface area contributed by atoms with Crippen LogP contribution in [0.5, 0.6) is 5.88 Å². The zero-order valence-electron chi connectivity index (χ0n) is 12.8. The predicted octanol–water partition coefficient (Wildman–Crippen LogP) is 1.30. The number of methoxy groups -OCH3 is 1. The van der Waals surface area contributed by atoms with Gasteiger partial charge in [0.1, 0.15) is 12.4 Å².